The van der Waals surface area contributed by atoms with Crippen LogP contribution in [0.5, 0.6) is 0 Å². The van der Waals surface area contributed by atoms with E-state index in [4.69, 9.17) is 4.74 Å². The molecule has 0 aliphatic carbocycles. The third kappa shape index (κ3) is 2.11. The molecule has 1 unspecified atom stereocenters. The van der Waals surface area contributed by atoms with Crippen LogP contribution in [0.15, 0.2) is 23.1 Å². The van der Waals surface area contributed by atoms with Crippen LogP contribution in [-0.2, 0) is 21.2 Å². The molecule has 0 saturated carbocycles. The van der Waals surface area contributed by atoms with Crippen LogP contribution in [-0.4, -0.2) is 28.3 Å². The zero-order chi connectivity index (χ0) is 11.8. The Balaban J connectivity index is 2.47. The summed E-state index contributed by atoms with van der Waals surface area (Å²) in [7, 11) is -1.27. The molecule has 1 atom stereocenters. The lowest BCUT2D eigenvalue weighted by Crippen LogP contribution is -2.27. The van der Waals surface area contributed by atoms with Crippen LogP contribution in [0.25, 0.3) is 0 Å². The summed E-state index contributed by atoms with van der Waals surface area (Å²) in [5.41, 5.74) is 2.08. The molecule has 1 aromatic rings. The highest BCUT2D eigenvalue weighted by Gasteiger charge is 2.20. The van der Waals surface area contributed by atoms with Crippen molar-refractivity contribution in [3.63, 3.8) is 0 Å². The van der Waals surface area contributed by atoms with Gasteiger partial charge in [-0.15, -0.1) is 0 Å². The van der Waals surface area contributed by atoms with Crippen molar-refractivity contribution in [2.75, 3.05) is 19.9 Å². The Labute approximate surface area is 95.5 Å². The molecule has 0 fully saturated rings. The number of sulfone groups is 1. The number of rotatable bonds is 2. The molecule has 0 saturated heterocycles. The van der Waals surface area contributed by atoms with E-state index in [1.807, 2.05) is 13.1 Å². The fraction of sp³-hybridized carbons (Fsp3) is 0.455. The molecular weight excluding hydrogens is 226 g/mol. The Morgan fingerprint density at radius 2 is 2.19 bits per heavy atom. The molecule has 1 aliphatic heterocycles. The maximum Gasteiger partial charge on any atom is 0.175 e. The van der Waals surface area contributed by atoms with Gasteiger partial charge in [0.25, 0.3) is 0 Å². The number of nitrogens with one attached hydrogen (secondary N) is 1. The fourth-order valence-corrected chi connectivity index (χ4v) is 2.56. The third-order valence-electron chi connectivity index (χ3n) is 2.81. The topological polar surface area (TPSA) is 55.4 Å². The summed E-state index contributed by atoms with van der Waals surface area (Å²) in [5, 5.41) is 3.14. The monoisotopic (exact) mass is 241 g/mol. The maximum absolute atomic E-state index is 11.4. The summed E-state index contributed by atoms with van der Waals surface area (Å²) in [4.78, 5) is 0.353. The van der Waals surface area contributed by atoms with Crippen molar-refractivity contribution in [2.45, 2.75) is 17.5 Å². The number of fused-ring (bicyclic) bond motifs is 1. The normalized spacial score (nSPS) is 20.5. The quantitative estimate of drug-likeness (QED) is 0.835. The van der Waals surface area contributed by atoms with Gasteiger partial charge in [-0.25, -0.2) is 8.42 Å². The van der Waals surface area contributed by atoms with Gasteiger partial charge < -0.3 is 10.1 Å². The highest BCUT2D eigenvalue weighted by atomic mass is 32.2. The van der Waals surface area contributed by atoms with E-state index in [9.17, 15) is 8.42 Å². The van der Waals surface area contributed by atoms with Crippen LogP contribution in [0.1, 0.15) is 17.2 Å². The summed E-state index contributed by atoms with van der Waals surface area (Å²) in [6.45, 7) is 1.11. The molecule has 88 valence electrons. The summed E-state index contributed by atoms with van der Waals surface area (Å²) in [5.74, 6) is 0. The van der Waals surface area contributed by atoms with Gasteiger partial charge in [-0.05, 0) is 30.3 Å². The van der Waals surface area contributed by atoms with Gasteiger partial charge in [0.2, 0.25) is 0 Å². The van der Waals surface area contributed by atoms with E-state index in [0.717, 1.165) is 11.1 Å². The molecular formula is C11H15NO3S. The largest absolute Gasteiger partial charge is 0.375 e. The molecule has 1 aromatic carbocycles. The van der Waals surface area contributed by atoms with Crippen LogP contribution in [0.4, 0.5) is 0 Å². The number of benzene rings is 1. The summed E-state index contributed by atoms with van der Waals surface area (Å²) in [6, 6.07) is 5.38. The van der Waals surface area contributed by atoms with Crippen molar-refractivity contribution in [2.24, 2.45) is 0 Å². The average Bonchev–Trinajstić information content (AvgIpc) is 2.26. The van der Waals surface area contributed by atoms with Crippen molar-refractivity contribution in [1.29, 1.82) is 0 Å². The molecule has 0 radical (unpaired) electrons. The Bertz CT molecular complexity index is 496. The molecule has 0 bridgehead atoms. The molecule has 0 amide bonds. The minimum Gasteiger partial charge on any atom is -0.375 e. The highest BCUT2D eigenvalue weighted by Crippen LogP contribution is 2.26. The average molecular weight is 241 g/mol. The van der Waals surface area contributed by atoms with Gasteiger partial charge in [0.1, 0.15) is 0 Å². The van der Waals surface area contributed by atoms with Gasteiger partial charge in [-0.3, -0.25) is 0 Å². The predicted molar refractivity (Wildman–Crippen MR) is 61.0 cm³/mol. The molecule has 1 aliphatic rings. The van der Waals surface area contributed by atoms with Crippen LogP contribution < -0.4 is 5.32 Å². The van der Waals surface area contributed by atoms with E-state index in [1.165, 1.54) is 6.26 Å². The Hall–Kier alpha value is -0.910. The number of hydrogen-bond acceptors (Lipinski definition) is 4. The Kier molecular flexibility index (Phi) is 3.01. The van der Waals surface area contributed by atoms with Gasteiger partial charge >= 0.3 is 0 Å². The summed E-state index contributed by atoms with van der Waals surface area (Å²) < 4.78 is 28.2. The standard InChI is InChI=1S/C11H15NO3S/c1-12-11-7-15-6-8-5-9(16(2,13)14)3-4-10(8)11/h3-5,11-12H,6-7H2,1-2H3. The number of hydrogen-bond donors (Lipinski definition) is 1. The number of likely N-dealkylation sites (N-methyl/N-ethyl adjacent to an activating group) is 1. The number of ether oxygens (including phenoxy) is 1. The highest BCUT2D eigenvalue weighted by molar-refractivity contribution is 7.90. The fourth-order valence-electron chi connectivity index (χ4n) is 1.89. The summed E-state index contributed by atoms with van der Waals surface area (Å²) >= 11 is 0. The molecule has 1 heterocycles. The van der Waals surface area contributed by atoms with Crippen molar-refractivity contribution >= 4 is 9.84 Å². The Morgan fingerprint density at radius 3 is 2.81 bits per heavy atom. The second-order valence-corrected chi connectivity index (χ2v) is 6.00. The smallest absolute Gasteiger partial charge is 0.175 e. The van der Waals surface area contributed by atoms with Crippen molar-refractivity contribution in [3.8, 4) is 0 Å². The van der Waals surface area contributed by atoms with Gasteiger partial charge in [0.05, 0.1) is 24.2 Å². The molecule has 2 rings (SSSR count). The van der Waals surface area contributed by atoms with E-state index in [2.05, 4.69) is 5.32 Å². The third-order valence-corrected chi connectivity index (χ3v) is 3.92. The first-order valence-electron chi connectivity index (χ1n) is 5.10. The van der Waals surface area contributed by atoms with E-state index in [0.29, 0.717) is 18.1 Å². The van der Waals surface area contributed by atoms with E-state index in [1.54, 1.807) is 12.1 Å². The van der Waals surface area contributed by atoms with E-state index >= 15 is 0 Å². The van der Waals surface area contributed by atoms with Gasteiger partial charge in [-0.2, -0.15) is 0 Å². The van der Waals surface area contributed by atoms with E-state index < -0.39 is 9.84 Å². The zero-order valence-corrected chi connectivity index (χ0v) is 10.2. The predicted octanol–water partition coefficient (Wildman–Crippen LogP) is 0.881. The van der Waals surface area contributed by atoms with Crippen LogP contribution in [0.3, 0.4) is 0 Å². The Morgan fingerprint density at radius 1 is 1.44 bits per heavy atom. The lowest BCUT2D eigenvalue weighted by atomic mass is 9.99. The second-order valence-electron chi connectivity index (χ2n) is 3.99. The van der Waals surface area contributed by atoms with Gasteiger partial charge in [0.15, 0.2) is 9.84 Å². The second kappa shape index (κ2) is 4.16. The first-order valence-corrected chi connectivity index (χ1v) is 6.99. The molecule has 0 spiro atoms. The SMILES string of the molecule is CNC1COCc2cc(S(C)(=O)=O)ccc21. The first-order chi connectivity index (χ1) is 7.52. The molecule has 5 heteroatoms. The zero-order valence-electron chi connectivity index (χ0n) is 9.36. The van der Waals surface area contributed by atoms with Crippen LogP contribution in [0, 0.1) is 0 Å². The van der Waals surface area contributed by atoms with Crippen molar-refractivity contribution in [1.82, 2.24) is 5.32 Å². The molecule has 4 nitrogen and oxygen atoms in total. The van der Waals surface area contributed by atoms with Gasteiger partial charge in [0, 0.05) is 6.26 Å². The molecule has 16 heavy (non-hydrogen) atoms. The summed E-state index contributed by atoms with van der Waals surface area (Å²) in [6.07, 6.45) is 1.22. The van der Waals surface area contributed by atoms with E-state index in [-0.39, 0.29) is 6.04 Å². The maximum atomic E-state index is 11.4. The van der Waals surface area contributed by atoms with Gasteiger partial charge in [-0.1, -0.05) is 6.07 Å². The minimum atomic E-state index is -3.14. The lowest BCUT2D eigenvalue weighted by molar-refractivity contribution is 0.0842. The van der Waals surface area contributed by atoms with Crippen LogP contribution in [0.2, 0.25) is 0 Å². The minimum absolute atomic E-state index is 0.150. The molecule has 1 N–H and O–H groups in total. The lowest BCUT2D eigenvalue weighted by Gasteiger charge is -2.25. The first kappa shape index (κ1) is 11.6. The van der Waals surface area contributed by atoms with Crippen molar-refractivity contribution in [3.05, 3.63) is 29.3 Å². The molecule has 0 aromatic heterocycles. The van der Waals surface area contributed by atoms with Crippen LogP contribution >= 0.6 is 0 Å². The van der Waals surface area contributed by atoms with Crippen molar-refractivity contribution < 1.29 is 13.2 Å².